The highest BCUT2D eigenvalue weighted by atomic mass is 32.2. The molecule has 0 aliphatic rings. The number of H-pyrrole nitrogens is 1. The standard InChI is InChI=1S/C22H18FN3O3S2/c1-29-16-4-2-3-13(9-16)10-24-18(27)12-31-22-25-20(28)19-17(11-30-21(19)26-22)14-5-7-15(23)8-6-14/h2-9,11H,10,12H2,1H3,(H,24,27)(H,25,26,28). The Balaban J connectivity index is 1.42. The van der Waals surface area contributed by atoms with E-state index in [1.165, 1.54) is 23.5 Å². The first-order chi connectivity index (χ1) is 15.0. The topological polar surface area (TPSA) is 84.1 Å². The number of amides is 1. The lowest BCUT2D eigenvalue weighted by Gasteiger charge is -2.07. The minimum Gasteiger partial charge on any atom is -0.497 e. The maximum Gasteiger partial charge on any atom is 0.260 e. The molecule has 158 valence electrons. The van der Waals surface area contributed by atoms with Crippen molar-refractivity contribution < 1.29 is 13.9 Å². The Bertz CT molecular complexity index is 1290. The first-order valence-electron chi connectivity index (χ1n) is 9.33. The number of nitrogens with zero attached hydrogens (tertiary/aromatic N) is 1. The number of carbonyl (C=O) groups excluding carboxylic acids is 1. The van der Waals surface area contributed by atoms with Gasteiger partial charge in [0.05, 0.1) is 18.2 Å². The van der Waals surface area contributed by atoms with Crippen LogP contribution in [0.2, 0.25) is 0 Å². The van der Waals surface area contributed by atoms with Crippen molar-refractivity contribution >= 4 is 39.2 Å². The highest BCUT2D eigenvalue weighted by Crippen LogP contribution is 2.31. The molecule has 0 unspecified atom stereocenters. The third-order valence-electron chi connectivity index (χ3n) is 4.54. The molecule has 0 radical (unpaired) electrons. The highest BCUT2D eigenvalue weighted by molar-refractivity contribution is 7.99. The average molecular weight is 456 g/mol. The number of thioether (sulfide) groups is 1. The number of hydrogen-bond acceptors (Lipinski definition) is 6. The maximum atomic E-state index is 13.2. The summed E-state index contributed by atoms with van der Waals surface area (Å²) in [6, 6.07) is 13.4. The van der Waals surface area contributed by atoms with Gasteiger partial charge in [0.25, 0.3) is 5.56 Å². The average Bonchev–Trinajstić information content (AvgIpc) is 3.21. The van der Waals surface area contributed by atoms with Crippen LogP contribution in [0.3, 0.4) is 0 Å². The van der Waals surface area contributed by atoms with Crippen LogP contribution in [0.25, 0.3) is 21.3 Å². The lowest BCUT2D eigenvalue weighted by atomic mass is 10.1. The van der Waals surface area contributed by atoms with E-state index in [4.69, 9.17) is 4.74 Å². The molecule has 9 heteroatoms. The second-order valence-corrected chi connectivity index (χ2v) is 8.45. The number of ether oxygens (including phenoxy) is 1. The summed E-state index contributed by atoms with van der Waals surface area (Å²) in [7, 11) is 1.59. The number of halogens is 1. The Morgan fingerprint density at radius 1 is 1.26 bits per heavy atom. The van der Waals surface area contributed by atoms with E-state index in [1.54, 1.807) is 19.2 Å². The fourth-order valence-corrected chi connectivity index (χ4v) is 4.70. The predicted molar refractivity (Wildman–Crippen MR) is 121 cm³/mol. The summed E-state index contributed by atoms with van der Waals surface area (Å²) in [5.74, 6) is 0.341. The lowest BCUT2D eigenvalue weighted by molar-refractivity contribution is -0.118. The van der Waals surface area contributed by atoms with Gasteiger partial charge >= 0.3 is 0 Å². The zero-order valence-corrected chi connectivity index (χ0v) is 18.1. The van der Waals surface area contributed by atoms with Crippen molar-refractivity contribution in [1.82, 2.24) is 15.3 Å². The first-order valence-corrected chi connectivity index (χ1v) is 11.2. The van der Waals surface area contributed by atoms with Gasteiger partial charge in [-0.3, -0.25) is 9.59 Å². The Morgan fingerprint density at radius 2 is 2.06 bits per heavy atom. The van der Waals surface area contributed by atoms with Gasteiger partial charge < -0.3 is 15.0 Å². The van der Waals surface area contributed by atoms with Crippen LogP contribution in [0.4, 0.5) is 4.39 Å². The summed E-state index contributed by atoms with van der Waals surface area (Å²) in [5.41, 5.74) is 2.10. The van der Waals surface area contributed by atoms with Crippen LogP contribution in [0.5, 0.6) is 5.75 Å². The van der Waals surface area contributed by atoms with Gasteiger partial charge in [-0.05, 0) is 35.4 Å². The van der Waals surface area contributed by atoms with Gasteiger partial charge in [0.2, 0.25) is 5.91 Å². The van der Waals surface area contributed by atoms with Crippen molar-refractivity contribution in [2.75, 3.05) is 12.9 Å². The largest absolute Gasteiger partial charge is 0.497 e. The number of nitrogens with one attached hydrogen (secondary N) is 2. The highest BCUT2D eigenvalue weighted by Gasteiger charge is 2.14. The van der Waals surface area contributed by atoms with Crippen molar-refractivity contribution in [3.63, 3.8) is 0 Å². The van der Waals surface area contributed by atoms with Crippen molar-refractivity contribution in [3.05, 3.63) is 75.6 Å². The van der Waals surface area contributed by atoms with Crippen LogP contribution in [0, 0.1) is 5.82 Å². The monoisotopic (exact) mass is 455 g/mol. The number of thiophene rings is 1. The summed E-state index contributed by atoms with van der Waals surface area (Å²) < 4.78 is 18.4. The molecule has 0 fully saturated rings. The Kier molecular flexibility index (Phi) is 6.34. The van der Waals surface area contributed by atoms with Gasteiger partial charge in [0.15, 0.2) is 5.16 Å². The Labute approximate surface area is 185 Å². The van der Waals surface area contributed by atoms with E-state index in [0.29, 0.717) is 27.5 Å². The summed E-state index contributed by atoms with van der Waals surface area (Å²) in [5, 5.41) is 5.51. The van der Waals surface area contributed by atoms with Crippen LogP contribution < -0.4 is 15.6 Å². The van der Waals surface area contributed by atoms with E-state index < -0.39 is 0 Å². The van der Waals surface area contributed by atoms with Gasteiger partial charge in [-0.1, -0.05) is 36.0 Å². The molecule has 2 aromatic heterocycles. The third kappa shape index (κ3) is 4.95. The molecule has 2 aromatic carbocycles. The minimum absolute atomic E-state index is 0.120. The molecule has 0 atom stereocenters. The van der Waals surface area contributed by atoms with Crippen LogP contribution in [-0.2, 0) is 11.3 Å². The minimum atomic E-state index is -0.335. The van der Waals surface area contributed by atoms with Crippen LogP contribution >= 0.6 is 23.1 Å². The molecule has 4 aromatic rings. The normalized spacial score (nSPS) is 10.9. The number of methoxy groups -OCH3 is 1. The molecule has 4 rings (SSSR count). The van der Waals surface area contributed by atoms with Gasteiger partial charge in [0.1, 0.15) is 16.4 Å². The van der Waals surface area contributed by atoms with E-state index in [9.17, 15) is 14.0 Å². The molecule has 2 N–H and O–H groups in total. The predicted octanol–water partition coefficient (Wildman–Crippen LogP) is 4.21. The SMILES string of the molecule is COc1cccc(CNC(=O)CSc2nc3scc(-c4ccc(F)cc4)c3c(=O)[nH]2)c1. The molecule has 0 aliphatic carbocycles. The van der Waals surface area contributed by atoms with Gasteiger partial charge in [-0.25, -0.2) is 9.37 Å². The third-order valence-corrected chi connectivity index (χ3v) is 6.29. The van der Waals surface area contributed by atoms with Gasteiger partial charge in [0, 0.05) is 17.5 Å². The molecule has 1 amide bonds. The number of carbonyl (C=O) groups is 1. The molecular weight excluding hydrogens is 437 g/mol. The summed E-state index contributed by atoms with van der Waals surface area (Å²) in [4.78, 5) is 32.6. The van der Waals surface area contributed by atoms with Crippen LogP contribution in [0.15, 0.2) is 63.9 Å². The van der Waals surface area contributed by atoms with E-state index in [2.05, 4.69) is 15.3 Å². The molecule has 0 spiro atoms. The van der Waals surface area contributed by atoms with Crippen molar-refractivity contribution in [3.8, 4) is 16.9 Å². The zero-order valence-electron chi connectivity index (χ0n) is 16.5. The summed E-state index contributed by atoms with van der Waals surface area (Å²) >= 11 is 2.50. The maximum absolute atomic E-state index is 13.2. The number of fused-ring (bicyclic) bond motifs is 1. The molecule has 2 heterocycles. The van der Waals surface area contributed by atoms with Gasteiger partial charge in [-0.2, -0.15) is 0 Å². The van der Waals surface area contributed by atoms with Crippen LogP contribution in [-0.4, -0.2) is 28.7 Å². The quantitative estimate of drug-likeness (QED) is 0.322. The molecule has 0 saturated carbocycles. The second-order valence-electron chi connectivity index (χ2n) is 6.62. The van der Waals surface area contributed by atoms with Crippen molar-refractivity contribution in [2.24, 2.45) is 0 Å². The molecule has 31 heavy (non-hydrogen) atoms. The molecule has 0 bridgehead atoms. The smallest absolute Gasteiger partial charge is 0.260 e. The van der Waals surface area contributed by atoms with Gasteiger partial charge in [-0.15, -0.1) is 11.3 Å². The van der Waals surface area contributed by atoms with E-state index in [-0.39, 0.29) is 23.0 Å². The zero-order chi connectivity index (χ0) is 21.8. The number of benzene rings is 2. The first kappa shape index (κ1) is 21.1. The number of hydrogen-bond donors (Lipinski definition) is 2. The van der Waals surface area contributed by atoms with Crippen molar-refractivity contribution in [2.45, 2.75) is 11.7 Å². The lowest BCUT2D eigenvalue weighted by Crippen LogP contribution is -2.24. The summed E-state index contributed by atoms with van der Waals surface area (Å²) in [6.07, 6.45) is 0. The van der Waals surface area contributed by atoms with Crippen LogP contribution in [0.1, 0.15) is 5.56 Å². The fraction of sp³-hybridized carbons (Fsp3) is 0.136. The number of rotatable bonds is 7. The van der Waals surface area contributed by atoms with Crippen molar-refractivity contribution in [1.29, 1.82) is 0 Å². The molecule has 6 nitrogen and oxygen atoms in total. The van der Waals surface area contributed by atoms with E-state index >= 15 is 0 Å². The Hall–Kier alpha value is -3.17. The number of aromatic amines is 1. The molecule has 0 aliphatic heterocycles. The summed E-state index contributed by atoms with van der Waals surface area (Å²) in [6.45, 7) is 0.380. The second kappa shape index (κ2) is 9.32. The van der Waals surface area contributed by atoms with E-state index in [1.807, 2.05) is 29.6 Å². The van der Waals surface area contributed by atoms with E-state index in [0.717, 1.165) is 28.6 Å². The molecule has 0 saturated heterocycles. The Morgan fingerprint density at radius 3 is 2.84 bits per heavy atom. The fourth-order valence-electron chi connectivity index (χ4n) is 3.01. The number of aromatic nitrogens is 2. The molecular formula is C22H18FN3O3S2.